The van der Waals surface area contributed by atoms with Crippen LogP contribution in [0.5, 0.6) is 0 Å². The van der Waals surface area contributed by atoms with Gasteiger partial charge in [0.2, 0.25) is 0 Å². The van der Waals surface area contributed by atoms with Gasteiger partial charge in [-0.25, -0.2) is 0 Å². The van der Waals surface area contributed by atoms with Crippen molar-refractivity contribution in [2.45, 2.75) is 44.3 Å². The molecular formula is C22H23Cl2N3O. The van der Waals surface area contributed by atoms with E-state index in [1.165, 1.54) is 0 Å². The van der Waals surface area contributed by atoms with E-state index < -0.39 is 0 Å². The Morgan fingerprint density at radius 1 is 1.00 bits per heavy atom. The van der Waals surface area contributed by atoms with Crippen LogP contribution in [0.2, 0.25) is 10.0 Å². The molecule has 0 radical (unpaired) electrons. The maximum absolute atomic E-state index is 12.3. The fourth-order valence-electron chi connectivity index (χ4n) is 3.91. The van der Waals surface area contributed by atoms with E-state index in [-0.39, 0.29) is 5.43 Å². The third-order valence-electron chi connectivity index (χ3n) is 5.35. The Morgan fingerprint density at radius 3 is 2.68 bits per heavy atom. The molecule has 1 aliphatic carbocycles. The maximum Gasteiger partial charge on any atom is 0.191 e. The predicted octanol–water partition coefficient (Wildman–Crippen LogP) is 5.35. The highest BCUT2D eigenvalue weighted by atomic mass is 35.5. The second-order valence-corrected chi connectivity index (χ2v) is 8.24. The first kappa shape index (κ1) is 19.3. The van der Waals surface area contributed by atoms with Crippen LogP contribution in [0.25, 0.3) is 10.9 Å². The van der Waals surface area contributed by atoms with Crippen LogP contribution in [-0.2, 0) is 6.54 Å². The Morgan fingerprint density at radius 2 is 1.82 bits per heavy atom. The lowest BCUT2D eigenvalue weighted by Crippen LogP contribution is -2.38. The monoisotopic (exact) mass is 415 g/mol. The van der Waals surface area contributed by atoms with Crippen LogP contribution in [0.3, 0.4) is 0 Å². The first-order chi connectivity index (χ1) is 13.6. The minimum Gasteiger partial charge on any atom is -0.369 e. The Labute approximate surface area is 174 Å². The number of fused-ring (bicyclic) bond motifs is 1. The molecule has 0 unspecified atom stereocenters. The molecule has 2 atom stereocenters. The van der Waals surface area contributed by atoms with E-state index in [1.54, 1.807) is 6.07 Å². The zero-order valence-electron chi connectivity index (χ0n) is 15.5. The summed E-state index contributed by atoms with van der Waals surface area (Å²) in [4.78, 5) is 15.7. The second kappa shape index (κ2) is 8.56. The number of benzene rings is 2. The van der Waals surface area contributed by atoms with Gasteiger partial charge >= 0.3 is 0 Å². The van der Waals surface area contributed by atoms with Gasteiger partial charge in [-0.3, -0.25) is 4.79 Å². The van der Waals surface area contributed by atoms with E-state index in [0.29, 0.717) is 22.1 Å². The van der Waals surface area contributed by atoms with Crippen molar-refractivity contribution in [1.82, 2.24) is 10.3 Å². The van der Waals surface area contributed by atoms with E-state index in [4.69, 9.17) is 23.2 Å². The fourth-order valence-corrected chi connectivity index (χ4v) is 4.23. The number of para-hydroxylation sites is 1. The molecule has 1 saturated carbocycles. The SMILES string of the molecule is O=c1cc(N[C@H]2CCC[C@H](NCc3ccc(Cl)c(Cl)c3)C2)[nH]c2ccccc12. The third-order valence-corrected chi connectivity index (χ3v) is 6.09. The van der Waals surface area contributed by atoms with Crippen LogP contribution in [-0.4, -0.2) is 17.1 Å². The number of anilines is 1. The molecule has 146 valence electrons. The molecule has 28 heavy (non-hydrogen) atoms. The molecule has 4 nitrogen and oxygen atoms in total. The molecule has 1 aliphatic rings. The van der Waals surface area contributed by atoms with Crippen molar-refractivity contribution >= 4 is 39.9 Å². The lowest BCUT2D eigenvalue weighted by molar-refractivity contribution is 0.350. The van der Waals surface area contributed by atoms with Gasteiger partial charge in [0, 0.05) is 30.1 Å². The van der Waals surface area contributed by atoms with Crippen molar-refractivity contribution in [3.8, 4) is 0 Å². The number of halogens is 2. The van der Waals surface area contributed by atoms with Crippen molar-refractivity contribution in [3.63, 3.8) is 0 Å². The molecule has 2 aromatic carbocycles. The molecule has 0 bridgehead atoms. The lowest BCUT2D eigenvalue weighted by atomic mass is 9.90. The van der Waals surface area contributed by atoms with Gasteiger partial charge in [-0.2, -0.15) is 0 Å². The first-order valence-corrected chi connectivity index (χ1v) is 10.4. The van der Waals surface area contributed by atoms with Crippen molar-refractivity contribution in [2.75, 3.05) is 5.32 Å². The second-order valence-electron chi connectivity index (χ2n) is 7.43. The number of H-pyrrole nitrogens is 1. The smallest absolute Gasteiger partial charge is 0.191 e. The molecule has 0 spiro atoms. The number of rotatable bonds is 5. The van der Waals surface area contributed by atoms with Crippen molar-refractivity contribution in [3.05, 3.63) is 74.4 Å². The summed E-state index contributed by atoms with van der Waals surface area (Å²) in [5, 5.41) is 9.04. The van der Waals surface area contributed by atoms with Gasteiger partial charge in [0.1, 0.15) is 5.82 Å². The van der Waals surface area contributed by atoms with E-state index in [2.05, 4.69) is 15.6 Å². The third kappa shape index (κ3) is 4.52. The highest BCUT2D eigenvalue weighted by Gasteiger charge is 2.22. The zero-order chi connectivity index (χ0) is 19.5. The summed E-state index contributed by atoms with van der Waals surface area (Å²) in [6.07, 6.45) is 4.40. The minimum atomic E-state index is 0.0435. The van der Waals surface area contributed by atoms with Gasteiger partial charge in [-0.05, 0) is 55.5 Å². The molecular weight excluding hydrogens is 393 g/mol. The molecule has 0 amide bonds. The largest absolute Gasteiger partial charge is 0.369 e. The van der Waals surface area contributed by atoms with E-state index in [9.17, 15) is 4.79 Å². The quantitative estimate of drug-likeness (QED) is 0.526. The Kier molecular flexibility index (Phi) is 5.90. The van der Waals surface area contributed by atoms with Crippen LogP contribution >= 0.6 is 23.2 Å². The summed E-state index contributed by atoms with van der Waals surface area (Å²) in [5.41, 5.74) is 2.04. The van der Waals surface area contributed by atoms with Gasteiger partial charge in [-0.1, -0.05) is 41.4 Å². The average molecular weight is 416 g/mol. The highest BCUT2D eigenvalue weighted by molar-refractivity contribution is 6.42. The molecule has 3 N–H and O–H groups in total. The van der Waals surface area contributed by atoms with Crippen molar-refractivity contribution < 1.29 is 0 Å². The first-order valence-electron chi connectivity index (χ1n) is 9.64. The van der Waals surface area contributed by atoms with Crippen LogP contribution < -0.4 is 16.1 Å². The van der Waals surface area contributed by atoms with Gasteiger partial charge in [0.15, 0.2) is 5.43 Å². The standard InChI is InChI=1S/C22H23Cl2N3O/c23-18-9-8-14(10-19(18)24)13-25-15-4-3-5-16(11-15)26-22-12-21(28)17-6-1-2-7-20(17)27-22/h1-2,6-10,12,15-16,25H,3-5,11,13H2,(H2,26,27,28)/t15-,16-/m0/s1. The van der Waals surface area contributed by atoms with Crippen LogP contribution in [0.4, 0.5) is 5.82 Å². The number of pyridine rings is 1. The zero-order valence-corrected chi connectivity index (χ0v) is 17.0. The number of aromatic nitrogens is 1. The number of hydrogen-bond acceptors (Lipinski definition) is 3. The maximum atomic E-state index is 12.3. The van der Waals surface area contributed by atoms with Gasteiger partial charge in [0.25, 0.3) is 0 Å². The van der Waals surface area contributed by atoms with E-state index >= 15 is 0 Å². The summed E-state index contributed by atoms with van der Waals surface area (Å²) in [5.74, 6) is 0.791. The minimum absolute atomic E-state index is 0.0435. The normalized spacial score (nSPS) is 19.6. The molecule has 1 aromatic heterocycles. The van der Waals surface area contributed by atoms with E-state index in [0.717, 1.165) is 54.5 Å². The molecule has 1 fully saturated rings. The summed E-state index contributed by atoms with van der Waals surface area (Å²) in [6.45, 7) is 0.765. The Balaban J connectivity index is 1.38. The summed E-state index contributed by atoms with van der Waals surface area (Å²) in [7, 11) is 0. The Bertz CT molecular complexity index is 1030. The molecule has 6 heteroatoms. The van der Waals surface area contributed by atoms with E-state index in [1.807, 2.05) is 42.5 Å². The van der Waals surface area contributed by atoms with Gasteiger partial charge in [0.05, 0.1) is 15.6 Å². The molecule has 4 rings (SSSR count). The van der Waals surface area contributed by atoms with Crippen LogP contribution in [0.15, 0.2) is 53.3 Å². The average Bonchev–Trinajstić information content (AvgIpc) is 2.69. The molecule has 0 aliphatic heterocycles. The molecule has 1 heterocycles. The summed E-state index contributed by atoms with van der Waals surface area (Å²) >= 11 is 12.1. The van der Waals surface area contributed by atoms with Crippen LogP contribution in [0.1, 0.15) is 31.2 Å². The van der Waals surface area contributed by atoms with Crippen molar-refractivity contribution in [2.24, 2.45) is 0 Å². The molecule has 3 aromatic rings. The van der Waals surface area contributed by atoms with Crippen LogP contribution in [0, 0.1) is 0 Å². The predicted molar refractivity (Wildman–Crippen MR) is 118 cm³/mol. The summed E-state index contributed by atoms with van der Waals surface area (Å²) < 4.78 is 0. The van der Waals surface area contributed by atoms with Crippen molar-refractivity contribution in [1.29, 1.82) is 0 Å². The number of aromatic amines is 1. The molecule has 0 saturated heterocycles. The topological polar surface area (TPSA) is 56.9 Å². The summed E-state index contributed by atoms with van der Waals surface area (Å²) in [6, 6.07) is 15.8. The fraction of sp³-hybridized carbons (Fsp3) is 0.318. The number of hydrogen-bond donors (Lipinski definition) is 3. The van der Waals surface area contributed by atoms with Gasteiger partial charge < -0.3 is 15.6 Å². The number of nitrogens with one attached hydrogen (secondary N) is 3. The lowest BCUT2D eigenvalue weighted by Gasteiger charge is -2.31. The highest BCUT2D eigenvalue weighted by Crippen LogP contribution is 2.24. The van der Waals surface area contributed by atoms with Gasteiger partial charge in [-0.15, -0.1) is 0 Å². The Hall–Kier alpha value is -2.01.